The summed E-state index contributed by atoms with van der Waals surface area (Å²) in [5.74, 6) is 0. The standard InChI is InChI=1S/C39H37N/c1-28-23-32(26-36-20-12-11-19-35(36)25-29(2)33-15-7-5-8-16-33)27-37(24-28)31(4)40-39-22-14-13-21-38(39)30(3)34-17-9-6-10-18-34/h6-7,9-25,27H,4-5,8,26H2,1-3H3/b29-25+,38-30+,40-39?. The van der Waals surface area contributed by atoms with Gasteiger partial charge >= 0.3 is 0 Å². The van der Waals surface area contributed by atoms with Crippen LogP contribution in [0.25, 0.3) is 17.3 Å². The number of allylic oxidation sites excluding steroid dienone is 11. The van der Waals surface area contributed by atoms with Gasteiger partial charge in [-0.05, 0) is 97.2 Å². The van der Waals surface area contributed by atoms with Gasteiger partial charge in [-0.25, -0.2) is 4.99 Å². The molecule has 40 heavy (non-hydrogen) atoms. The van der Waals surface area contributed by atoms with E-state index in [4.69, 9.17) is 4.99 Å². The van der Waals surface area contributed by atoms with Gasteiger partial charge in [0.05, 0.1) is 11.4 Å². The molecule has 3 aromatic rings. The van der Waals surface area contributed by atoms with Crippen LogP contribution >= 0.6 is 0 Å². The fraction of sp³-hybridized carbons (Fsp3) is 0.154. The lowest BCUT2D eigenvalue weighted by Gasteiger charge is -2.14. The van der Waals surface area contributed by atoms with Crippen molar-refractivity contribution in [3.8, 4) is 0 Å². The number of hydrogen-bond donors (Lipinski definition) is 0. The van der Waals surface area contributed by atoms with Crippen molar-refractivity contribution < 1.29 is 0 Å². The van der Waals surface area contributed by atoms with Crippen LogP contribution in [0.1, 0.15) is 60.1 Å². The molecule has 0 aliphatic heterocycles. The van der Waals surface area contributed by atoms with Crippen LogP contribution in [0.15, 0.2) is 144 Å². The first-order valence-corrected chi connectivity index (χ1v) is 14.1. The molecule has 198 valence electrons. The van der Waals surface area contributed by atoms with E-state index < -0.39 is 0 Å². The second kappa shape index (κ2) is 12.6. The maximum atomic E-state index is 5.04. The summed E-state index contributed by atoms with van der Waals surface area (Å²) in [6.45, 7) is 10.9. The summed E-state index contributed by atoms with van der Waals surface area (Å²) in [4.78, 5) is 5.04. The number of hydrogen-bond acceptors (Lipinski definition) is 1. The van der Waals surface area contributed by atoms with E-state index in [1.165, 1.54) is 44.5 Å². The molecule has 0 aromatic heterocycles. The average Bonchev–Trinajstić information content (AvgIpc) is 2.98. The van der Waals surface area contributed by atoms with E-state index in [1.807, 2.05) is 12.1 Å². The van der Waals surface area contributed by atoms with Gasteiger partial charge < -0.3 is 0 Å². The molecule has 0 amide bonds. The van der Waals surface area contributed by atoms with Gasteiger partial charge in [0.1, 0.15) is 0 Å². The van der Waals surface area contributed by atoms with E-state index in [0.29, 0.717) is 0 Å². The number of benzene rings is 3. The van der Waals surface area contributed by atoms with Gasteiger partial charge in [-0.3, -0.25) is 0 Å². The second-order valence-electron chi connectivity index (χ2n) is 10.6. The van der Waals surface area contributed by atoms with Crippen molar-refractivity contribution in [3.63, 3.8) is 0 Å². The Morgan fingerprint density at radius 1 is 0.850 bits per heavy atom. The van der Waals surface area contributed by atoms with Gasteiger partial charge in [0.15, 0.2) is 0 Å². The highest BCUT2D eigenvalue weighted by atomic mass is 14.8. The van der Waals surface area contributed by atoms with Gasteiger partial charge in [0.2, 0.25) is 0 Å². The number of rotatable bonds is 7. The Morgan fingerprint density at radius 3 is 2.42 bits per heavy atom. The summed E-state index contributed by atoms with van der Waals surface area (Å²) < 4.78 is 0. The summed E-state index contributed by atoms with van der Waals surface area (Å²) in [5.41, 5.74) is 14.0. The van der Waals surface area contributed by atoms with Gasteiger partial charge in [0, 0.05) is 11.1 Å². The lowest BCUT2D eigenvalue weighted by atomic mass is 9.93. The van der Waals surface area contributed by atoms with Crippen molar-refractivity contribution in [1.82, 2.24) is 0 Å². The van der Waals surface area contributed by atoms with Crippen LogP contribution in [0.2, 0.25) is 0 Å². The first-order valence-electron chi connectivity index (χ1n) is 14.1. The molecule has 0 unspecified atom stereocenters. The Bertz CT molecular complexity index is 1630. The van der Waals surface area contributed by atoms with Crippen molar-refractivity contribution in [3.05, 3.63) is 172 Å². The zero-order valence-electron chi connectivity index (χ0n) is 23.8. The smallest absolute Gasteiger partial charge is 0.0712 e. The first-order chi connectivity index (χ1) is 19.5. The fourth-order valence-corrected chi connectivity index (χ4v) is 5.35. The van der Waals surface area contributed by atoms with E-state index >= 15 is 0 Å². The quantitative estimate of drug-likeness (QED) is 0.294. The van der Waals surface area contributed by atoms with Crippen molar-refractivity contribution in [2.24, 2.45) is 4.99 Å². The van der Waals surface area contributed by atoms with Crippen molar-refractivity contribution in [1.29, 1.82) is 0 Å². The van der Waals surface area contributed by atoms with E-state index in [1.54, 1.807) is 0 Å². The lowest BCUT2D eigenvalue weighted by Crippen LogP contribution is -2.03. The molecule has 0 spiro atoms. The number of aryl methyl sites for hydroxylation is 1. The predicted molar refractivity (Wildman–Crippen MR) is 174 cm³/mol. The highest BCUT2D eigenvalue weighted by Crippen LogP contribution is 2.27. The topological polar surface area (TPSA) is 12.4 Å². The highest BCUT2D eigenvalue weighted by molar-refractivity contribution is 6.17. The predicted octanol–water partition coefficient (Wildman–Crippen LogP) is 10.3. The van der Waals surface area contributed by atoms with Crippen LogP contribution in [0.4, 0.5) is 0 Å². The molecule has 0 heterocycles. The lowest BCUT2D eigenvalue weighted by molar-refractivity contribution is 1.02. The summed E-state index contributed by atoms with van der Waals surface area (Å²) >= 11 is 0. The molecule has 0 saturated carbocycles. The van der Waals surface area contributed by atoms with Gasteiger partial charge in [0.25, 0.3) is 0 Å². The first kappa shape index (κ1) is 27.1. The molecule has 5 rings (SSSR count). The van der Waals surface area contributed by atoms with Crippen molar-refractivity contribution >= 4 is 23.1 Å². The largest absolute Gasteiger partial charge is 0.248 e. The maximum Gasteiger partial charge on any atom is 0.0712 e. The number of nitrogens with zero attached hydrogens (tertiary/aromatic N) is 1. The Kier molecular flexibility index (Phi) is 8.52. The second-order valence-corrected chi connectivity index (χ2v) is 10.6. The monoisotopic (exact) mass is 519 g/mol. The van der Waals surface area contributed by atoms with Gasteiger partial charge in [-0.15, -0.1) is 0 Å². The van der Waals surface area contributed by atoms with Crippen LogP contribution in [0.3, 0.4) is 0 Å². The minimum Gasteiger partial charge on any atom is -0.248 e. The maximum absolute atomic E-state index is 5.04. The minimum absolute atomic E-state index is 0.776. The summed E-state index contributed by atoms with van der Waals surface area (Å²) in [6.07, 6.45) is 20.6. The zero-order chi connectivity index (χ0) is 27.9. The van der Waals surface area contributed by atoms with Crippen LogP contribution in [0, 0.1) is 6.92 Å². The normalized spacial score (nSPS) is 17.2. The van der Waals surface area contributed by atoms with Crippen molar-refractivity contribution in [2.45, 2.75) is 40.0 Å². The molecular formula is C39H37N. The van der Waals surface area contributed by atoms with Crippen LogP contribution < -0.4 is 0 Å². The Labute approximate surface area is 239 Å². The Hall–Kier alpha value is -4.49. The van der Waals surface area contributed by atoms with E-state index in [9.17, 15) is 0 Å². The van der Waals surface area contributed by atoms with Crippen LogP contribution in [-0.2, 0) is 6.42 Å². The average molecular weight is 520 g/mol. The van der Waals surface area contributed by atoms with E-state index in [0.717, 1.165) is 41.8 Å². The summed E-state index contributed by atoms with van der Waals surface area (Å²) in [5, 5.41) is 0. The molecule has 0 radical (unpaired) electrons. The third-order valence-electron chi connectivity index (χ3n) is 7.51. The molecule has 0 fully saturated rings. The molecule has 0 saturated heterocycles. The van der Waals surface area contributed by atoms with Crippen LogP contribution in [0.5, 0.6) is 0 Å². The molecule has 1 nitrogen and oxygen atoms in total. The molecule has 3 aromatic carbocycles. The minimum atomic E-state index is 0.776. The van der Waals surface area contributed by atoms with Crippen molar-refractivity contribution in [2.75, 3.05) is 0 Å². The van der Waals surface area contributed by atoms with E-state index in [-0.39, 0.29) is 0 Å². The molecular weight excluding hydrogens is 482 g/mol. The number of aliphatic imine (C=N–C) groups is 1. The molecule has 2 aliphatic rings. The molecule has 0 atom stereocenters. The zero-order valence-corrected chi connectivity index (χ0v) is 23.8. The summed E-state index contributed by atoms with van der Waals surface area (Å²) in [7, 11) is 0. The SMILES string of the molecule is C=C(N=C1C=CC=C/C1=C(/C)c1ccccc1)c1cc(C)cc(Cc2ccccc2/C=C(\C)C2=CCCC=C2)c1. The molecule has 0 bridgehead atoms. The van der Waals surface area contributed by atoms with Gasteiger partial charge in [-0.1, -0.05) is 115 Å². The van der Waals surface area contributed by atoms with Crippen LogP contribution in [-0.4, -0.2) is 5.71 Å². The fourth-order valence-electron chi connectivity index (χ4n) is 5.35. The van der Waals surface area contributed by atoms with Gasteiger partial charge in [-0.2, -0.15) is 0 Å². The highest BCUT2D eigenvalue weighted by Gasteiger charge is 2.12. The van der Waals surface area contributed by atoms with E-state index in [2.05, 4.69) is 137 Å². The Morgan fingerprint density at radius 2 is 1.62 bits per heavy atom. The molecule has 2 aliphatic carbocycles. The molecule has 1 heteroatoms. The third kappa shape index (κ3) is 6.55. The molecule has 0 N–H and O–H groups in total. The summed E-state index contributed by atoms with van der Waals surface area (Å²) in [6, 6.07) is 25.9. The Balaban J connectivity index is 1.43. The third-order valence-corrected chi connectivity index (χ3v) is 7.51.